The lowest BCUT2D eigenvalue weighted by Crippen LogP contribution is -3.09. The number of nitrogens with zero attached hydrogens (tertiary/aromatic N) is 1. The van der Waals surface area contributed by atoms with E-state index >= 15 is 0 Å². The molecular weight excluding hydrogens is 193 g/mol. The lowest BCUT2D eigenvalue weighted by molar-refractivity contribution is -0.868. The largest absolute Gasteiger partial charge is 0.491 e. The van der Waals surface area contributed by atoms with Gasteiger partial charge < -0.3 is 10.4 Å². The van der Waals surface area contributed by atoms with Crippen LogP contribution in [-0.4, -0.2) is 19.3 Å². The molecule has 0 aromatic carbocycles. The van der Waals surface area contributed by atoms with Crippen LogP contribution in [0.3, 0.4) is 0 Å². The number of likely N-dealkylation sites (N-methyl/N-ethyl adjacent to an activating group) is 1. The van der Waals surface area contributed by atoms with E-state index in [-0.39, 0.29) is 15.7 Å². The molecule has 70 valence electrons. The van der Waals surface area contributed by atoms with Gasteiger partial charge in [0.2, 0.25) is 6.04 Å². The average Bonchev–Trinajstić information content (AvgIpc) is 2.05. The maximum absolute atomic E-state index is 12.2. The number of hydrogen-bond acceptors (Lipinski definition) is 0. The molecule has 0 aliphatic carbocycles. The van der Waals surface area contributed by atoms with Gasteiger partial charge >= 0.3 is 6.18 Å². The van der Waals surface area contributed by atoms with Crippen molar-refractivity contribution in [3.05, 3.63) is 16.2 Å². The van der Waals surface area contributed by atoms with Crippen LogP contribution in [0.1, 0.15) is 6.92 Å². The van der Waals surface area contributed by atoms with Crippen molar-refractivity contribution in [3.8, 4) is 0 Å². The van der Waals surface area contributed by atoms with Crippen LogP contribution >= 0.6 is 11.6 Å². The predicted molar refractivity (Wildman–Crippen MR) is 38.6 cm³/mol. The molecule has 0 aromatic heterocycles. The van der Waals surface area contributed by atoms with E-state index in [1.807, 2.05) is 0 Å². The Morgan fingerprint density at radius 2 is 2.00 bits per heavy atom. The second-order valence-electron chi connectivity index (χ2n) is 2.66. The third-order valence-electron chi connectivity index (χ3n) is 1.69. The van der Waals surface area contributed by atoms with Gasteiger partial charge in [0.1, 0.15) is 0 Å². The molecule has 0 spiro atoms. The quantitative estimate of drug-likeness (QED) is 0.606. The molecule has 0 radical (unpaired) electrons. The zero-order valence-corrected chi connectivity index (χ0v) is 7.29. The van der Waals surface area contributed by atoms with Crippen molar-refractivity contribution in [3.63, 3.8) is 0 Å². The monoisotopic (exact) mass is 200 g/mol. The summed E-state index contributed by atoms with van der Waals surface area (Å²) in [7, 11) is 1.33. The molecule has 2 atom stereocenters. The fourth-order valence-electron chi connectivity index (χ4n) is 1.16. The first-order chi connectivity index (χ1) is 5.34. The Morgan fingerprint density at radius 1 is 1.50 bits per heavy atom. The van der Waals surface area contributed by atoms with Gasteiger partial charge in [0.15, 0.2) is 0 Å². The Morgan fingerprint density at radius 3 is 2.17 bits per heavy atom. The van der Waals surface area contributed by atoms with Crippen LogP contribution in [0.15, 0.2) is 10.7 Å². The molecule has 1 heterocycles. The number of allylic oxidation sites excluding steroid dienone is 1. The van der Waals surface area contributed by atoms with E-state index in [4.69, 9.17) is 11.6 Å². The summed E-state index contributed by atoms with van der Waals surface area (Å²) in [4.78, 5) is 0. The van der Waals surface area contributed by atoms with E-state index in [0.717, 1.165) is 0 Å². The van der Waals surface area contributed by atoms with Gasteiger partial charge in [0, 0.05) is 0 Å². The number of hydrogen-bond donors (Lipinski definition) is 1. The summed E-state index contributed by atoms with van der Waals surface area (Å²) >= 11 is 5.45. The number of halogens is 4. The minimum absolute atomic E-state index is 0.0185. The lowest BCUT2D eigenvalue weighted by Gasteiger charge is -2.27. The van der Waals surface area contributed by atoms with Gasteiger partial charge in [0.25, 0.3) is 0 Å². The molecule has 1 N–H and O–H groups in total. The molecule has 0 fully saturated rings. The van der Waals surface area contributed by atoms with Crippen molar-refractivity contribution in [1.82, 2.24) is 0 Å². The Balaban J connectivity index is 2.91. The van der Waals surface area contributed by atoms with Crippen molar-refractivity contribution in [2.45, 2.75) is 19.1 Å². The maximum atomic E-state index is 12.2. The van der Waals surface area contributed by atoms with Gasteiger partial charge in [-0.05, 0) is 0 Å². The smallest absolute Gasteiger partial charge is 0.446 e. The van der Waals surface area contributed by atoms with Crippen LogP contribution in [0.4, 0.5) is 13.2 Å². The van der Waals surface area contributed by atoms with Crippen LogP contribution in [0.2, 0.25) is 0 Å². The third-order valence-corrected chi connectivity index (χ3v) is 2.18. The molecular formula is C6H8ClF3N2. The minimum atomic E-state index is -4.32. The first kappa shape index (κ1) is 9.67. The highest BCUT2D eigenvalue weighted by molar-refractivity contribution is 6.30. The average molecular weight is 201 g/mol. The van der Waals surface area contributed by atoms with E-state index in [2.05, 4.69) is 5.43 Å². The molecule has 2 nitrogen and oxygen atoms in total. The highest BCUT2D eigenvalue weighted by Crippen LogP contribution is 2.31. The standard InChI is InChI=1S/C6H8ClF3N2/c1-3-4(7)5(6(8,9)10)12(2)11-3/h5,12H,1-2H3. The first-order valence-corrected chi connectivity index (χ1v) is 3.70. The fourth-order valence-corrected chi connectivity index (χ4v) is 1.48. The van der Waals surface area contributed by atoms with Crippen LogP contribution in [0.5, 0.6) is 0 Å². The highest BCUT2D eigenvalue weighted by Gasteiger charge is 2.48. The van der Waals surface area contributed by atoms with Crippen LogP contribution < -0.4 is 5.01 Å². The summed E-state index contributed by atoms with van der Waals surface area (Å²) in [6.45, 7) is 1.47. The Bertz CT molecular complexity index is 223. The molecule has 1 aliphatic heterocycles. The van der Waals surface area contributed by atoms with E-state index in [1.54, 1.807) is 0 Å². The van der Waals surface area contributed by atoms with Crippen LogP contribution in [0, 0.1) is 0 Å². The van der Waals surface area contributed by atoms with Gasteiger partial charge in [-0.1, -0.05) is 18.5 Å². The zero-order valence-electron chi connectivity index (χ0n) is 6.54. The summed E-state index contributed by atoms with van der Waals surface area (Å²) in [5.74, 6) is 0. The molecule has 0 amide bonds. The predicted octanol–water partition coefficient (Wildman–Crippen LogP) is 1.20. The normalized spacial score (nSPS) is 30.8. The SMILES string of the molecule is CC1=C(Cl)C(C(F)(F)F)[NH+](C)[N-]1. The molecule has 0 aromatic rings. The lowest BCUT2D eigenvalue weighted by atomic mass is 10.2. The van der Waals surface area contributed by atoms with E-state index < -0.39 is 12.2 Å². The number of alkyl halides is 3. The third kappa shape index (κ3) is 1.51. The number of quaternary nitrogens is 1. The highest BCUT2D eigenvalue weighted by atomic mass is 35.5. The van der Waals surface area contributed by atoms with Gasteiger partial charge in [-0.3, -0.25) is 0 Å². The molecule has 2 unspecified atom stereocenters. The summed E-state index contributed by atoms with van der Waals surface area (Å²) in [6.07, 6.45) is -4.32. The Kier molecular flexibility index (Phi) is 2.27. The van der Waals surface area contributed by atoms with Gasteiger partial charge in [-0.2, -0.15) is 13.2 Å². The van der Waals surface area contributed by atoms with Gasteiger partial charge in [-0.25, -0.2) is 0 Å². The summed E-state index contributed by atoms with van der Waals surface area (Å²) in [5.41, 5.74) is 3.92. The van der Waals surface area contributed by atoms with Crippen LogP contribution in [-0.2, 0) is 0 Å². The second kappa shape index (κ2) is 2.81. The summed E-state index contributed by atoms with van der Waals surface area (Å²) in [5, 5.41) is -0.190. The number of nitrogens with one attached hydrogen (secondary N) is 1. The maximum Gasteiger partial charge on any atom is 0.446 e. The molecule has 12 heavy (non-hydrogen) atoms. The van der Waals surface area contributed by atoms with Crippen molar-refractivity contribution >= 4 is 11.6 Å². The Labute approximate surface area is 72.9 Å². The fraction of sp³-hybridized carbons (Fsp3) is 0.667. The van der Waals surface area contributed by atoms with E-state index in [0.29, 0.717) is 0 Å². The summed E-state index contributed by atoms with van der Waals surface area (Å²) < 4.78 is 36.7. The van der Waals surface area contributed by atoms with Crippen molar-refractivity contribution in [2.75, 3.05) is 7.05 Å². The summed E-state index contributed by atoms with van der Waals surface area (Å²) in [6, 6.07) is -1.68. The van der Waals surface area contributed by atoms with E-state index in [1.165, 1.54) is 14.0 Å². The molecule has 1 rings (SSSR count). The first-order valence-electron chi connectivity index (χ1n) is 3.32. The van der Waals surface area contributed by atoms with E-state index in [9.17, 15) is 13.2 Å². The van der Waals surface area contributed by atoms with Gasteiger partial charge in [-0.15, -0.1) is 5.70 Å². The van der Waals surface area contributed by atoms with Crippen LogP contribution in [0.25, 0.3) is 5.43 Å². The topological polar surface area (TPSA) is 18.5 Å². The molecule has 0 saturated carbocycles. The Hall–Kier alpha value is -0.420. The zero-order chi connectivity index (χ0) is 9.52. The molecule has 0 bridgehead atoms. The molecule has 1 aliphatic rings. The van der Waals surface area contributed by atoms with Crippen molar-refractivity contribution in [1.29, 1.82) is 0 Å². The van der Waals surface area contributed by atoms with Gasteiger partial charge in [0.05, 0.1) is 12.1 Å². The molecule has 6 heteroatoms. The minimum Gasteiger partial charge on any atom is -0.491 e. The number of rotatable bonds is 0. The molecule has 0 saturated heterocycles. The van der Waals surface area contributed by atoms with Crippen molar-refractivity contribution < 1.29 is 18.2 Å². The van der Waals surface area contributed by atoms with Crippen molar-refractivity contribution in [2.24, 2.45) is 0 Å². The second-order valence-corrected chi connectivity index (χ2v) is 3.07.